The van der Waals surface area contributed by atoms with E-state index in [0.29, 0.717) is 6.04 Å². The Hall–Kier alpha value is -1.26. The lowest BCUT2D eigenvalue weighted by molar-refractivity contribution is 0.568. The van der Waals surface area contributed by atoms with Gasteiger partial charge in [0.05, 0.1) is 6.04 Å². The van der Waals surface area contributed by atoms with Crippen molar-refractivity contribution in [3.63, 3.8) is 0 Å². The van der Waals surface area contributed by atoms with Gasteiger partial charge in [-0.25, -0.2) is 0 Å². The minimum absolute atomic E-state index is 0.312. The molecule has 0 fully saturated rings. The maximum atomic E-state index is 4.26. The first-order valence-corrected chi connectivity index (χ1v) is 6.64. The van der Waals surface area contributed by atoms with Crippen LogP contribution in [0.4, 0.5) is 0 Å². The van der Waals surface area contributed by atoms with Gasteiger partial charge in [-0.1, -0.05) is 48.1 Å². The van der Waals surface area contributed by atoms with E-state index < -0.39 is 0 Å². The van der Waals surface area contributed by atoms with Gasteiger partial charge in [-0.05, 0) is 20.4 Å². The molecule has 0 amide bonds. The van der Waals surface area contributed by atoms with E-state index in [9.17, 15) is 0 Å². The molecule has 0 saturated carbocycles. The molecule has 0 radical (unpaired) electrons. The summed E-state index contributed by atoms with van der Waals surface area (Å²) >= 11 is 1.66. The summed E-state index contributed by atoms with van der Waals surface area (Å²) in [5, 5.41) is 13.8. The standard InChI is InChI=1S/C13H17N3S/c1-4-11(14-3)13-16-15-12(17-13)10-7-5-9(2)6-8-10/h5-8,11,14H,4H2,1-3H3. The van der Waals surface area contributed by atoms with Crippen molar-refractivity contribution in [3.8, 4) is 10.6 Å². The fourth-order valence-corrected chi connectivity index (χ4v) is 2.73. The molecule has 0 aliphatic carbocycles. The maximum Gasteiger partial charge on any atom is 0.147 e. The highest BCUT2D eigenvalue weighted by atomic mass is 32.1. The first-order chi connectivity index (χ1) is 8.24. The van der Waals surface area contributed by atoms with Gasteiger partial charge in [0.15, 0.2) is 0 Å². The highest BCUT2D eigenvalue weighted by Gasteiger charge is 2.13. The second-order valence-electron chi connectivity index (χ2n) is 4.06. The Morgan fingerprint density at radius 3 is 2.53 bits per heavy atom. The van der Waals surface area contributed by atoms with Gasteiger partial charge in [0.25, 0.3) is 0 Å². The van der Waals surface area contributed by atoms with E-state index in [1.54, 1.807) is 11.3 Å². The average molecular weight is 247 g/mol. The van der Waals surface area contributed by atoms with Gasteiger partial charge in [-0.3, -0.25) is 0 Å². The number of hydrogen-bond donors (Lipinski definition) is 1. The van der Waals surface area contributed by atoms with Gasteiger partial charge in [-0.2, -0.15) is 0 Å². The molecule has 1 aromatic heterocycles. The fourth-order valence-electron chi connectivity index (χ4n) is 1.69. The van der Waals surface area contributed by atoms with E-state index in [4.69, 9.17) is 0 Å². The summed E-state index contributed by atoms with van der Waals surface area (Å²) in [6.45, 7) is 4.23. The molecule has 3 nitrogen and oxygen atoms in total. The summed E-state index contributed by atoms with van der Waals surface area (Å²) < 4.78 is 0. The van der Waals surface area contributed by atoms with Crippen LogP contribution in [0.15, 0.2) is 24.3 Å². The van der Waals surface area contributed by atoms with Crippen molar-refractivity contribution >= 4 is 11.3 Å². The second kappa shape index (κ2) is 5.38. The molecular formula is C13H17N3S. The number of hydrogen-bond acceptors (Lipinski definition) is 4. The molecule has 1 N–H and O–H groups in total. The van der Waals surface area contributed by atoms with E-state index in [1.807, 2.05) is 7.05 Å². The van der Waals surface area contributed by atoms with Crippen molar-refractivity contribution in [1.82, 2.24) is 15.5 Å². The summed E-state index contributed by atoms with van der Waals surface area (Å²) in [4.78, 5) is 0. The third kappa shape index (κ3) is 2.70. The van der Waals surface area contributed by atoms with Crippen molar-refractivity contribution in [2.45, 2.75) is 26.3 Å². The van der Waals surface area contributed by atoms with E-state index >= 15 is 0 Å². The number of nitrogens with zero attached hydrogens (tertiary/aromatic N) is 2. The summed E-state index contributed by atoms with van der Waals surface area (Å²) in [6, 6.07) is 8.71. The molecule has 1 heterocycles. The Morgan fingerprint density at radius 2 is 1.94 bits per heavy atom. The topological polar surface area (TPSA) is 37.8 Å². The molecule has 4 heteroatoms. The van der Waals surface area contributed by atoms with E-state index in [2.05, 4.69) is 53.6 Å². The second-order valence-corrected chi connectivity index (χ2v) is 5.07. The van der Waals surface area contributed by atoms with Crippen LogP contribution in [0.2, 0.25) is 0 Å². The predicted octanol–water partition coefficient (Wildman–Crippen LogP) is 3.18. The van der Waals surface area contributed by atoms with Crippen LogP contribution in [0.3, 0.4) is 0 Å². The number of rotatable bonds is 4. The number of benzene rings is 1. The van der Waals surface area contributed by atoms with Crippen LogP contribution in [0.5, 0.6) is 0 Å². The highest BCUT2D eigenvalue weighted by Crippen LogP contribution is 2.27. The van der Waals surface area contributed by atoms with Crippen LogP contribution >= 0.6 is 11.3 Å². The molecule has 1 aromatic carbocycles. The SMILES string of the molecule is CCC(NC)c1nnc(-c2ccc(C)cc2)s1. The van der Waals surface area contributed by atoms with Crippen molar-refractivity contribution in [1.29, 1.82) is 0 Å². The number of aryl methyl sites for hydroxylation is 1. The molecule has 0 spiro atoms. The van der Waals surface area contributed by atoms with Crippen LogP contribution in [0.1, 0.15) is 30.0 Å². The molecule has 2 aromatic rings. The third-order valence-electron chi connectivity index (χ3n) is 2.79. The zero-order valence-electron chi connectivity index (χ0n) is 10.4. The molecule has 90 valence electrons. The third-order valence-corrected chi connectivity index (χ3v) is 3.88. The van der Waals surface area contributed by atoms with Crippen LogP contribution in [-0.4, -0.2) is 17.2 Å². The molecule has 2 rings (SSSR count). The van der Waals surface area contributed by atoms with Crippen LogP contribution in [0, 0.1) is 6.92 Å². The van der Waals surface area contributed by atoms with Crippen molar-refractivity contribution < 1.29 is 0 Å². The Kier molecular flexibility index (Phi) is 3.86. The minimum atomic E-state index is 0.312. The van der Waals surface area contributed by atoms with Crippen LogP contribution in [0.25, 0.3) is 10.6 Å². The average Bonchev–Trinajstić information content (AvgIpc) is 2.81. The summed E-state index contributed by atoms with van der Waals surface area (Å²) in [6.07, 6.45) is 1.03. The first kappa shape index (κ1) is 12.2. The Bertz CT molecular complexity index is 472. The fraction of sp³-hybridized carbons (Fsp3) is 0.385. The minimum Gasteiger partial charge on any atom is -0.311 e. The van der Waals surface area contributed by atoms with Crippen LogP contribution in [-0.2, 0) is 0 Å². The zero-order valence-corrected chi connectivity index (χ0v) is 11.2. The molecule has 17 heavy (non-hydrogen) atoms. The van der Waals surface area contributed by atoms with E-state index in [-0.39, 0.29) is 0 Å². The first-order valence-electron chi connectivity index (χ1n) is 5.82. The lowest BCUT2D eigenvalue weighted by Gasteiger charge is -2.07. The molecule has 0 bridgehead atoms. The number of nitrogens with one attached hydrogen (secondary N) is 1. The Morgan fingerprint density at radius 1 is 1.24 bits per heavy atom. The molecule has 0 aliphatic rings. The Labute approximate surface area is 106 Å². The van der Waals surface area contributed by atoms with Gasteiger partial charge < -0.3 is 5.32 Å². The van der Waals surface area contributed by atoms with Crippen molar-refractivity contribution in [3.05, 3.63) is 34.8 Å². The highest BCUT2D eigenvalue weighted by molar-refractivity contribution is 7.14. The van der Waals surface area contributed by atoms with Gasteiger partial charge >= 0.3 is 0 Å². The quantitative estimate of drug-likeness (QED) is 0.901. The maximum absolute atomic E-state index is 4.26. The normalized spacial score (nSPS) is 12.6. The Balaban J connectivity index is 2.26. The zero-order chi connectivity index (χ0) is 12.3. The lowest BCUT2D eigenvalue weighted by Crippen LogP contribution is -2.14. The van der Waals surface area contributed by atoms with Crippen LogP contribution < -0.4 is 5.32 Å². The predicted molar refractivity (Wildman–Crippen MR) is 72.2 cm³/mol. The molecular weight excluding hydrogens is 230 g/mol. The monoisotopic (exact) mass is 247 g/mol. The molecule has 0 saturated heterocycles. The van der Waals surface area contributed by atoms with Gasteiger partial charge in [0, 0.05) is 5.56 Å². The summed E-state index contributed by atoms with van der Waals surface area (Å²) in [5.74, 6) is 0. The largest absolute Gasteiger partial charge is 0.311 e. The number of aromatic nitrogens is 2. The van der Waals surface area contributed by atoms with Gasteiger partial charge in [0.1, 0.15) is 10.0 Å². The van der Waals surface area contributed by atoms with Gasteiger partial charge in [-0.15, -0.1) is 10.2 Å². The summed E-state index contributed by atoms with van der Waals surface area (Å²) in [5.41, 5.74) is 2.41. The molecule has 1 atom stereocenters. The molecule has 1 unspecified atom stereocenters. The van der Waals surface area contributed by atoms with Crippen molar-refractivity contribution in [2.75, 3.05) is 7.05 Å². The smallest absolute Gasteiger partial charge is 0.147 e. The van der Waals surface area contributed by atoms with E-state index in [1.165, 1.54) is 5.56 Å². The molecule has 0 aliphatic heterocycles. The summed E-state index contributed by atoms with van der Waals surface area (Å²) in [7, 11) is 1.96. The van der Waals surface area contributed by atoms with Crippen molar-refractivity contribution in [2.24, 2.45) is 0 Å². The lowest BCUT2D eigenvalue weighted by atomic mass is 10.2. The van der Waals surface area contributed by atoms with Gasteiger partial charge in [0.2, 0.25) is 0 Å². The van der Waals surface area contributed by atoms with E-state index in [0.717, 1.165) is 22.0 Å².